The van der Waals surface area contributed by atoms with Gasteiger partial charge in [-0.25, -0.2) is 0 Å². The first-order valence-electron chi connectivity index (χ1n) is 7.41. The van der Waals surface area contributed by atoms with Crippen molar-refractivity contribution in [3.8, 4) is 11.5 Å². The van der Waals surface area contributed by atoms with Crippen LogP contribution in [0.1, 0.15) is 10.4 Å². The highest BCUT2D eigenvalue weighted by atomic mass is 16.5. The van der Waals surface area contributed by atoms with Gasteiger partial charge in [-0.2, -0.15) is 0 Å². The molecule has 1 saturated heterocycles. The number of benzene rings is 1. The lowest BCUT2D eigenvalue weighted by Crippen LogP contribution is -2.30. The van der Waals surface area contributed by atoms with E-state index in [0.29, 0.717) is 36.8 Å². The molecule has 1 heterocycles. The minimum atomic E-state index is -0.125. The molecule has 0 radical (unpaired) electrons. The maximum atomic E-state index is 12.8. The van der Waals surface area contributed by atoms with E-state index in [9.17, 15) is 4.79 Å². The zero-order valence-corrected chi connectivity index (χ0v) is 13.8. The number of carbonyl (C=O) groups is 1. The standard InChI is InChI=1S/C17H23NO5/c1-5-8-23-14-9-12(20-2)6-7-13(14)17(19)18-10-15(21-3)16(11-18)22-4/h5-7,9,15-16H,1,8,10-11H2,2-4H3. The minimum absolute atomic E-state index is 0.117. The van der Waals surface area contributed by atoms with E-state index < -0.39 is 0 Å². The fraction of sp³-hybridized carbons (Fsp3) is 0.471. The summed E-state index contributed by atoms with van der Waals surface area (Å²) in [6, 6.07) is 5.15. The summed E-state index contributed by atoms with van der Waals surface area (Å²) in [4.78, 5) is 14.5. The molecule has 0 saturated carbocycles. The molecule has 0 bridgehead atoms. The highest BCUT2D eigenvalue weighted by molar-refractivity contribution is 5.97. The number of methoxy groups -OCH3 is 3. The van der Waals surface area contributed by atoms with Gasteiger partial charge in [-0.15, -0.1) is 0 Å². The van der Waals surface area contributed by atoms with Crippen LogP contribution < -0.4 is 9.47 Å². The molecular weight excluding hydrogens is 298 g/mol. The Morgan fingerprint density at radius 3 is 2.43 bits per heavy atom. The second-order valence-electron chi connectivity index (χ2n) is 5.22. The molecule has 1 aromatic rings. The van der Waals surface area contributed by atoms with E-state index in [0.717, 1.165) is 0 Å². The first kappa shape index (κ1) is 17.3. The Morgan fingerprint density at radius 1 is 1.26 bits per heavy atom. The van der Waals surface area contributed by atoms with Gasteiger partial charge in [0.25, 0.3) is 5.91 Å². The summed E-state index contributed by atoms with van der Waals surface area (Å²) in [5.74, 6) is 0.990. The lowest BCUT2D eigenvalue weighted by molar-refractivity contribution is -0.00461. The first-order chi connectivity index (χ1) is 11.1. The maximum absolute atomic E-state index is 12.8. The van der Waals surface area contributed by atoms with Crippen LogP contribution in [0.4, 0.5) is 0 Å². The Labute approximate surface area is 136 Å². The van der Waals surface area contributed by atoms with Crippen molar-refractivity contribution in [2.24, 2.45) is 0 Å². The summed E-state index contributed by atoms with van der Waals surface area (Å²) < 4.78 is 21.6. The van der Waals surface area contributed by atoms with E-state index >= 15 is 0 Å². The summed E-state index contributed by atoms with van der Waals surface area (Å²) in [6.45, 7) is 4.92. The zero-order valence-electron chi connectivity index (χ0n) is 13.8. The molecule has 23 heavy (non-hydrogen) atoms. The Hall–Kier alpha value is -2.05. The predicted molar refractivity (Wildman–Crippen MR) is 86.2 cm³/mol. The minimum Gasteiger partial charge on any atom is -0.497 e. The number of rotatable bonds is 7. The topological polar surface area (TPSA) is 57.2 Å². The largest absolute Gasteiger partial charge is 0.497 e. The lowest BCUT2D eigenvalue weighted by Gasteiger charge is -2.18. The number of nitrogens with zero attached hydrogens (tertiary/aromatic N) is 1. The Morgan fingerprint density at radius 2 is 1.91 bits per heavy atom. The van der Waals surface area contributed by atoms with Gasteiger partial charge in [0.05, 0.1) is 12.7 Å². The molecule has 1 amide bonds. The van der Waals surface area contributed by atoms with Crippen LogP contribution in [-0.4, -0.2) is 64.0 Å². The molecule has 2 unspecified atom stereocenters. The monoisotopic (exact) mass is 321 g/mol. The van der Waals surface area contributed by atoms with Crippen LogP contribution >= 0.6 is 0 Å². The first-order valence-corrected chi connectivity index (χ1v) is 7.41. The lowest BCUT2D eigenvalue weighted by atomic mass is 10.1. The molecule has 6 nitrogen and oxygen atoms in total. The van der Waals surface area contributed by atoms with E-state index in [-0.39, 0.29) is 18.1 Å². The van der Waals surface area contributed by atoms with Crippen LogP contribution in [0, 0.1) is 0 Å². The van der Waals surface area contributed by atoms with Gasteiger partial charge in [-0.05, 0) is 12.1 Å². The normalized spacial score (nSPS) is 20.4. The molecular formula is C17H23NO5. The van der Waals surface area contributed by atoms with Crippen LogP contribution in [0.5, 0.6) is 11.5 Å². The molecule has 0 aromatic heterocycles. The van der Waals surface area contributed by atoms with Gasteiger partial charge in [0.1, 0.15) is 30.3 Å². The summed E-state index contributed by atoms with van der Waals surface area (Å²) in [6.07, 6.45) is 1.38. The van der Waals surface area contributed by atoms with E-state index in [2.05, 4.69) is 6.58 Å². The maximum Gasteiger partial charge on any atom is 0.257 e. The van der Waals surface area contributed by atoms with Crippen LogP contribution in [0.15, 0.2) is 30.9 Å². The number of hydrogen-bond acceptors (Lipinski definition) is 5. The Balaban J connectivity index is 2.23. The quantitative estimate of drug-likeness (QED) is 0.716. The third kappa shape index (κ3) is 3.83. The average molecular weight is 321 g/mol. The van der Waals surface area contributed by atoms with Gasteiger partial charge >= 0.3 is 0 Å². The molecule has 2 rings (SSSR count). The van der Waals surface area contributed by atoms with Crippen molar-refractivity contribution in [1.82, 2.24) is 4.90 Å². The SMILES string of the molecule is C=CCOc1cc(OC)ccc1C(=O)N1CC(OC)C(OC)C1. The predicted octanol–water partition coefficient (Wildman–Crippen LogP) is 1.75. The van der Waals surface area contributed by atoms with Gasteiger partial charge in [0.2, 0.25) is 0 Å². The van der Waals surface area contributed by atoms with Gasteiger partial charge in [-0.3, -0.25) is 4.79 Å². The summed E-state index contributed by atoms with van der Waals surface area (Å²) in [5.41, 5.74) is 0.485. The van der Waals surface area contributed by atoms with Gasteiger partial charge in [0, 0.05) is 33.4 Å². The molecule has 1 aliphatic heterocycles. The smallest absolute Gasteiger partial charge is 0.257 e. The van der Waals surface area contributed by atoms with Crippen molar-refractivity contribution < 1.29 is 23.7 Å². The number of ether oxygens (including phenoxy) is 4. The molecule has 2 atom stereocenters. The van der Waals surface area contributed by atoms with Crippen molar-refractivity contribution in [1.29, 1.82) is 0 Å². The molecule has 0 N–H and O–H groups in total. The fourth-order valence-electron chi connectivity index (χ4n) is 2.61. The van der Waals surface area contributed by atoms with E-state index in [4.69, 9.17) is 18.9 Å². The number of hydrogen-bond donors (Lipinski definition) is 0. The van der Waals surface area contributed by atoms with Crippen molar-refractivity contribution in [3.63, 3.8) is 0 Å². The Bertz CT molecular complexity index is 548. The second-order valence-corrected chi connectivity index (χ2v) is 5.22. The van der Waals surface area contributed by atoms with E-state index in [1.807, 2.05) is 0 Å². The molecule has 0 aliphatic carbocycles. The van der Waals surface area contributed by atoms with Crippen LogP contribution in [0.2, 0.25) is 0 Å². The van der Waals surface area contributed by atoms with E-state index in [1.54, 1.807) is 50.5 Å². The number of carbonyl (C=O) groups excluding carboxylic acids is 1. The van der Waals surface area contributed by atoms with Crippen molar-refractivity contribution in [2.45, 2.75) is 12.2 Å². The van der Waals surface area contributed by atoms with Gasteiger partial charge < -0.3 is 23.8 Å². The summed E-state index contributed by atoms with van der Waals surface area (Å²) in [5, 5.41) is 0. The highest BCUT2D eigenvalue weighted by Gasteiger charge is 2.36. The average Bonchev–Trinajstić information content (AvgIpc) is 3.02. The highest BCUT2D eigenvalue weighted by Crippen LogP contribution is 2.28. The van der Waals surface area contributed by atoms with Crippen LogP contribution in [0.3, 0.4) is 0 Å². The van der Waals surface area contributed by atoms with Gasteiger partial charge in [0.15, 0.2) is 0 Å². The van der Waals surface area contributed by atoms with Crippen molar-refractivity contribution >= 4 is 5.91 Å². The molecule has 1 aromatic carbocycles. The summed E-state index contributed by atoms with van der Waals surface area (Å²) in [7, 11) is 4.81. The zero-order chi connectivity index (χ0) is 16.8. The molecule has 126 valence electrons. The van der Waals surface area contributed by atoms with Gasteiger partial charge in [-0.1, -0.05) is 12.7 Å². The molecule has 6 heteroatoms. The number of likely N-dealkylation sites (tertiary alicyclic amines) is 1. The third-order valence-corrected chi connectivity index (χ3v) is 3.88. The Kier molecular flexibility index (Phi) is 6.01. The molecule has 1 fully saturated rings. The van der Waals surface area contributed by atoms with Crippen molar-refractivity contribution in [2.75, 3.05) is 41.0 Å². The van der Waals surface area contributed by atoms with Crippen LogP contribution in [-0.2, 0) is 9.47 Å². The third-order valence-electron chi connectivity index (χ3n) is 3.88. The summed E-state index contributed by atoms with van der Waals surface area (Å²) >= 11 is 0. The second kappa shape index (κ2) is 7.99. The fourth-order valence-corrected chi connectivity index (χ4v) is 2.61. The van der Waals surface area contributed by atoms with Crippen molar-refractivity contribution in [3.05, 3.63) is 36.4 Å². The number of amides is 1. The van der Waals surface area contributed by atoms with E-state index in [1.165, 1.54) is 0 Å². The molecule has 1 aliphatic rings. The molecule has 0 spiro atoms. The van der Waals surface area contributed by atoms with Crippen LogP contribution in [0.25, 0.3) is 0 Å².